The Labute approximate surface area is 401 Å². The third-order valence-electron chi connectivity index (χ3n) is 18.0. The highest BCUT2D eigenvalue weighted by molar-refractivity contribution is 7.00. The van der Waals surface area contributed by atoms with Crippen LogP contribution in [-0.2, 0) is 21.7 Å². The molecule has 0 spiro atoms. The largest absolute Gasteiger partial charge is 0.454 e. The molecule has 336 valence electrons. The number of rotatable bonds is 2. The monoisotopic (exact) mass is 885 g/mol. The molecule has 2 aliphatic carbocycles. The number of hydrogen-bond donors (Lipinski definition) is 0. The Bertz CT molecular complexity index is 3700. The van der Waals surface area contributed by atoms with Crippen LogP contribution in [0.3, 0.4) is 0 Å². The van der Waals surface area contributed by atoms with E-state index in [1.165, 1.54) is 114 Å². The van der Waals surface area contributed by atoms with Gasteiger partial charge in [0.1, 0.15) is 5.58 Å². The number of benzene rings is 7. The van der Waals surface area contributed by atoms with Gasteiger partial charge in [0.15, 0.2) is 5.58 Å². The van der Waals surface area contributed by atoms with E-state index in [2.05, 4.69) is 217 Å². The van der Waals surface area contributed by atoms with Crippen molar-refractivity contribution in [3.63, 3.8) is 0 Å². The molecule has 2 aromatic heterocycles. The van der Waals surface area contributed by atoms with Gasteiger partial charge >= 0.3 is 0 Å². The molecule has 5 heteroatoms. The molecule has 7 aromatic carbocycles. The van der Waals surface area contributed by atoms with E-state index >= 15 is 0 Å². The molecule has 4 nitrogen and oxygen atoms in total. The van der Waals surface area contributed by atoms with E-state index in [4.69, 9.17) is 4.42 Å². The molecule has 0 radical (unpaired) electrons. The highest BCUT2D eigenvalue weighted by atomic mass is 16.3. The zero-order valence-corrected chi connectivity index (χ0v) is 41.4. The lowest BCUT2D eigenvalue weighted by Gasteiger charge is -2.51. The topological polar surface area (TPSA) is 24.6 Å². The maximum absolute atomic E-state index is 7.03. The highest BCUT2D eigenvalue weighted by Gasteiger charge is 2.58. The fraction of sp³-hybridized carbons (Fsp3) is 0.302. The fourth-order valence-electron chi connectivity index (χ4n) is 14.3. The van der Waals surface area contributed by atoms with Crippen LogP contribution < -0.4 is 26.2 Å². The van der Waals surface area contributed by atoms with Gasteiger partial charge in [-0.3, -0.25) is 0 Å². The molecule has 1 saturated carbocycles. The van der Waals surface area contributed by atoms with Crippen LogP contribution in [0.15, 0.2) is 138 Å². The maximum Gasteiger partial charge on any atom is 0.252 e. The van der Waals surface area contributed by atoms with Crippen LogP contribution in [0, 0.1) is 0 Å². The summed E-state index contributed by atoms with van der Waals surface area (Å²) in [4.78, 5) is 5.43. The van der Waals surface area contributed by atoms with Gasteiger partial charge in [-0.15, -0.1) is 0 Å². The van der Waals surface area contributed by atoms with Gasteiger partial charge in [-0.2, -0.15) is 0 Å². The van der Waals surface area contributed by atoms with E-state index in [1.54, 1.807) is 0 Å². The molecule has 0 N–H and O–H groups in total. The minimum Gasteiger partial charge on any atom is -0.454 e. The van der Waals surface area contributed by atoms with Gasteiger partial charge in [-0.25, -0.2) is 0 Å². The molecule has 2 unspecified atom stereocenters. The second kappa shape index (κ2) is 13.0. The molecule has 14 rings (SSSR count). The Morgan fingerprint density at radius 1 is 0.559 bits per heavy atom. The molecule has 68 heavy (non-hydrogen) atoms. The molecule has 2 atom stereocenters. The molecule has 9 aromatic rings. The van der Waals surface area contributed by atoms with E-state index < -0.39 is 0 Å². The second-order valence-corrected chi connectivity index (χ2v) is 24.0. The van der Waals surface area contributed by atoms with Crippen molar-refractivity contribution in [2.45, 2.75) is 122 Å². The van der Waals surface area contributed by atoms with Crippen molar-refractivity contribution in [3.05, 3.63) is 161 Å². The minimum atomic E-state index is -0.173. The van der Waals surface area contributed by atoms with Crippen LogP contribution in [0.5, 0.6) is 0 Å². The Morgan fingerprint density at radius 3 is 2.07 bits per heavy atom. The number of aromatic nitrogens is 1. The summed E-state index contributed by atoms with van der Waals surface area (Å²) in [5.41, 5.74) is 24.1. The summed E-state index contributed by atoms with van der Waals surface area (Å²) in [5, 5.41) is 3.65. The van der Waals surface area contributed by atoms with Crippen molar-refractivity contribution in [3.8, 4) is 16.9 Å². The van der Waals surface area contributed by atoms with E-state index in [0.717, 1.165) is 34.0 Å². The van der Waals surface area contributed by atoms with Crippen LogP contribution in [0.2, 0.25) is 0 Å². The number of fused-ring (bicyclic) bond motifs is 15. The standard InChI is InChI=1S/C63H60BN3O/c1-59(2,3)37-28-30-48-45(33-37)62(9)31-15-16-32-63(62,10)67(48)39-35-51-55-52(36-39)66-56-43(54-57(66)42-20-11-13-23-44(42)61(54,7)8)22-17-24-47(56)64(55)46-29-27-38(60(4,5)6)34-50(46)65(51)49-25-18-21-41-40-19-12-14-26-53(40)68-58(41)49/h11-14,17-30,33-36H,15-16,31-32H2,1-10H3. The van der Waals surface area contributed by atoms with Crippen LogP contribution in [-0.4, -0.2) is 16.8 Å². The Balaban J connectivity index is 1.16. The van der Waals surface area contributed by atoms with Gasteiger partial charge in [0, 0.05) is 66.5 Å². The van der Waals surface area contributed by atoms with Crippen LogP contribution in [0.25, 0.3) is 49.8 Å². The summed E-state index contributed by atoms with van der Waals surface area (Å²) >= 11 is 0. The summed E-state index contributed by atoms with van der Waals surface area (Å²) in [6, 6.07) is 51.8. The number of hydrogen-bond acceptors (Lipinski definition) is 3. The molecule has 0 bridgehead atoms. The summed E-state index contributed by atoms with van der Waals surface area (Å²) in [6.45, 7) is 24.2. The number of nitrogens with zero attached hydrogens (tertiary/aromatic N) is 3. The van der Waals surface area contributed by atoms with Crippen LogP contribution in [0.4, 0.5) is 28.4 Å². The first-order valence-corrected chi connectivity index (χ1v) is 25.3. The lowest BCUT2D eigenvalue weighted by atomic mass is 9.33. The zero-order valence-electron chi connectivity index (χ0n) is 41.4. The van der Waals surface area contributed by atoms with Gasteiger partial charge < -0.3 is 18.8 Å². The van der Waals surface area contributed by atoms with Crippen molar-refractivity contribution in [2.75, 3.05) is 9.80 Å². The summed E-state index contributed by atoms with van der Waals surface area (Å²) < 4.78 is 9.76. The molecule has 0 amide bonds. The maximum atomic E-state index is 7.03. The number of anilines is 5. The summed E-state index contributed by atoms with van der Waals surface area (Å²) in [7, 11) is 0. The highest BCUT2D eigenvalue weighted by Crippen LogP contribution is 2.62. The number of furan rings is 1. The predicted octanol–water partition coefficient (Wildman–Crippen LogP) is 14.8. The molecule has 3 aliphatic heterocycles. The van der Waals surface area contributed by atoms with Gasteiger partial charge in [0.2, 0.25) is 0 Å². The molecule has 5 heterocycles. The van der Waals surface area contributed by atoms with Gasteiger partial charge in [-0.05, 0) is 111 Å². The summed E-state index contributed by atoms with van der Waals surface area (Å²) in [6.07, 6.45) is 4.77. The first kappa shape index (κ1) is 40.6. The quantitative estimate of drug-likeness (QED) is 0.162. The van der Waals surface area contributed by atoms with Gasteiger partial charge in [0.05, 0.1) is 16.9 Å². The van der Waals surface area contributed by atoms with E-state index in [-0.39, 0.29) is 33.9 Å². The van der Waals surface area contributed by atoms with Crippen molar-refractivity contribution in [2.24, 2.45) is 0 Å². The average molecular weight is 886 g/mol. The first-order chi connectivity index (χ1) is 32.5. The molecule has 1 fully saturated rings. The smallest absolute Gasteiger partial charge is 0.252 e. The Hall–Kier alpha value is -6.46. The molecule has 0 saturated heterocycles. The van der Waals surface area contributed by atoms with Crippen LogP contribution in [0.1, 0.15) is 123 Å². The van der Waals surface area contributed by atoms with Crippen molar-refractivity contribution in [1.82, 2.24) is 4.57 Å². The SMILES string of the molecule is CC(C)(C)c1ccc2c(c1)N(c1cccc3c1oc1ccccc13)c1cc(N3c4ccc(C(C)(C)C)cc4C4(C)CCCCC34C)cc3c1B2c1cccc2c4c(n-3c12)-c1ccccc1C4(C)C. The minimum absolute atomic E-state index is 0.0181. The van der Waals surface area contributed by atoms with Crippen molar-refractivity contribution < 1.29 is 4.42 Å². The number of para-hydroxylation sites is 3. The molecular weight excluding hydrogens is 826 g/mol. The van der Waals surface area contributed by atoms with Crippen molar-refractivity contribution in [1.29, 1.82) is 0 Å². The first-order valence-electron chi connectivity index (χ1n) is 25.3. The zero-order chi connectivity index (χ0) is 46.6. The Morgan fingerprint density at radius 2 is 1.25 bits per heavy atom. The van der Waals surface area contributed by atoms with Crippen molar-refractivity contribution >= 4 is 84.4 Å². The third kappa shape index (κ3) is 4.93. The normalized spacial score (nSPS) is 20.7. The van der Waals surface area contributed by atoms with Crippen LogP contribution >= 0.6 is 0 Å². The molecular formula is C63H60BN3O. The lowest BCUT2D eigenvalue weighted by molar-refractivity contribution is 0.195. The van der Waals surface area contributed by atoms with E-state index in [9.17, 15) is 0 Å². The Kier molecular flexibility index (Phi) is 7.76. The average Bonchev–Trinajstić information content (AvgIpc) is 4.00. The van der Waals surface area contributed by atoms with E-state index in [0.29, 0.717) is 0 Å². The van der Waals surface area contributed by atoms with Gasteiger partial charge in [-0.1, -0.05) is 172 Å². The van der Waals surface area contributed by atoms with Gasteiger partial charge in [0.25, 0.3) is 6.71 Å². The summed E-state index contributed by atoms with van der Waals surface area (Å²) in [5.74, 6) is 0. The fourth-order valence-corrected chi connectivity index (χ4v) is 14.3. The lowest BCUT2D eigenvalue weighted by Crippen LogP contribution is -2.60. The second-order valence-electron chi connectivity index (χ2n) is 24.0. The third-order valence-corrected chi connectivity index (χ3v) is 18.0. The molecule has 5 aliphatic rings. The predicted molar refractivity (Wildman–Crippen MR) is 288 cm³/mol. The van der Waals surface area contributed by atoms with E-state index in [1.807, 2.05) is 0 Å².